The zero-order valence-electron chi connectivity index (χ0n) is 12.8. The summed E-state index contributed by atoms with van der Waals surface area (Å²) in [6.07, 6.45) is 0.0172. The first-order valence-corrected chi connectivity index (χ1v) is 6.84. The van der Waals surface area contributed by atoms with Crippen molar-refractivity contribution < 1.29 is 9.47 Å². The van der Waals surface area contributed by atoms with E-state index in [1.165, 1.54) is 0 Å². The van der Waals surface area contributed by atoms with Crippen LogP contribution in [-0.4, -0.2) is 18.2 Å². The van der Waals surface area contributed by atoms with Gasteiger partial charge in [-0.15, -0.1) is 0 Å². The van der Waals surface area contributed by atoms with Crippen LogP contribution in [0.15, 0.2) is 30.3 Å². The lowest BCUT2D eigenvalue weighted by Crippen LogP contribution is -2.09. The van der Waals surface area contributed by atoms with E-state index in [0.29, 0.717) is 17.4 Å². The second-order valence-corrected chi connectivity index (χ2v) is 5.09. The molecule has 0 fully saturated rings. The summed E-state index contributed by atoms with van der Waals surface area (Å²) in [7, 11) is 1.64. The molecule has 3 N–H and O–H groups in total. The third kappa shape index (κ3) is 3.78. The highest BCUT2D eigenvalue weighted by molar-refractivity contribution is 5.66. The summed E-state index contributed by atoms with van der Waals surface area (Å²) in [6.45, 7) is 5.89. The van der Waals surface area contributed by atoms with Crippen LogP contribution in [0.2, 0.25) is 0 Å². The van der Waals surface area contributed by atoms with Crippen molar-refractivity contribution in [3.05, 3.63) is 35.9 Å². The highest BCUT2D eigenvalue weighted by Gasteiger charge is 2.09. The van der Waals surface area contributed by atoms with E-state index >= 15 is 0 Å². The van der Waals surface area contributed by atoms with Crippen LogP contribution in [0.25, 0.3) is 0 Å². The standard InChI is InChI=1S/C16H21N3O2/c1-10(2)21-16-12(17)6-8-15(19-16)18-13-9-11(3)5-7-14(13)20-4/h5-10H,17H2,1-4H3,(H,18,19). The van der Waals surface area contributed by atoms with Gasteiger partial charge >= 0.3 is 0 Å². The van der Waals surface area contributed by atoms with Gasteiger partial charge in [-0.25, -0.2) is 0 Å². The summed E-state index contributed by atoms with van der Waals surface area (Å²) >= 11 is 0. The van der Waals surface area contributed by atoms with Gasteiger partial charge in [-0.1, -0.05) is 6.07 Å². The molecule has 0 aliphatic heterocycles. The summed E-state index contributed by atoms with van der Waals surface area (Å²) in [5.41, 5.74) is 8.37. The molecule has 1 aromatic heterocycles. The molecule has 5 heteroatoms. The van der Waals surface area contributed by atoms with Crippen molar-refractivity contribution in [2.75, 3.05) is 18.2 Å². The van der Waals surface area contributed by atoms with Crippen LogP contribution in [0, 0.1) is 6.92 Å². The molecule has 2 aromatic rings. The summed E-state index contributed by atoms with van der Waals surface area (Å²) in [5, 5.41) is 3.23. The van der Waals surface area contributed by atoms with Crippen LogP contribution in [-0.2, 0) is 0 Å². The van der Waals surface area contributed by atoms with Gasteiger partial charge in [0.1, 0.15) is 11.6 Å². The number of hydrogen-bond donors (Lipinski definition) is 2. The number of nitrogen functional groups attached to an aromatic ring is 1. The summed E-state index contributed by atoms with van der Waals surface area (Å²) in [5.74, 6) is 1.84. The summed E-state index contributed by atoms with van der Waals surface area (Å²) < 4.78 is 10.9. The number of rotatable bonds is 5. The number of nitrogens with zero attached hydrogens (tertiary/aromatic N) is 1. The van der Waals surface area contributed by atoms with Gasteiger partial charge in [0.15, 0.2) is 0 Å². The number of ether oxygens (including phenoxy) is 2. The van der Waals surface area contributed by atoms with E-state index < -0.39 is 0 Å². The summed E-state index contributed by atoms with van der Waals surface area (Å²) in [4.78, 5) is 4.40. The number of hydrogen-bond acceptors (Lipinski definition) is 5. The third-order valence-electron chi connectivity index (χ3n) is 2.85. The quantitative estimate of drug-likeness (QED) is 0.880. The molecule has 0 saturated heterocycles. The zero-order chi connectivity index (χ0) is 15.4. The molecular weight excluding hydrogens is 266 g/mol. The fourth-order valence-corrected chi connectivity index (χ4v) is 1.90. The molecule has 112 valence electrons. The lowest BCUT2D eigenvalue weighted by Gasteiger charge is -2.14. The molecule has 0 bridgehead atoms. The molecule has 0 aliphatic rings. The molecule has 5 nitrogen and oxygen atoms in total. The van der Waals surface area contributed by atoms with Crippen molar-refractivity contribution in [3.63, 3.8) is 0 Å². The van der Waals surface area contributed by atoms with Gasteiger partial charge in [0.05, 0.1) is 24.6 Å². The largest absolute Gasteiger partial charge is 0.495 e. The molecule has 0 amide bonds. The van der Waals surface area contributed by atoms with Crippen molar-refractivity contribution in [1.82, 2.24) is 4.98 Å². The first-order chi connectivity index (χ1) is 9.99. The van der Waals surface area contributed by atoms with Crippen LogP contribution in [0.5, 0.6) is 11.6 Å². The van der Waals surface area contributed by atoms with E-state index in [9.17, 15) is 0 Å². The van der Waals surface area contributed by atoms with E-state index in [-0.39, 0.29) is 6.10 Å². The van der Waals surface area contributed by atoms with E-state index in [1.807, 2.05) is 45.0 Å². The smallest absolute Gasteiger partial charge is 0.239 e. The molecule has 0 atom stereocenters. The number of pyridine rings is 1. The van der Waals surface area contributed by atoms with Crippen LogP contribution in [0.4, 0.5) is 17.2 Å². The molecule has 0 aliphatic carbocycles. The second kappa shape index (κ2) is 6.35. The van der Waals surface area contributed by atoms with Crippen LogP contribution >= 0.6 is 0 Å². The Labute approximate surface area is 125 Å². The second-order valence-electron chi connectivity index (χ2n) is 5.09. The number of methoxy groups -OCH3 is 1. The Morgan fingerprint density at radius 2 is 1.95 bits per heavy atom. The monoisotopic (exact) mass is 287 g/mol. The lowest BCUT2D eigenvalue weighted by atomic mass is 10.2. The van der Waals surface area contributed by atoms with Crippen molar-refractivity contribution in [2.24, 2.45) is 0 Å². The normalized spacial score (nSPS) is 10.5. The molecule has 21 heavy (non-hydrogen) atoms. The van der Waals surface area contributed by atoms with Gasteiger partial charge in [-0.2, -0.15) is 4.98 Å². The Morgan fingerprint density at radius 3 is 2.62 bits per heavy atom. The Hall–Kier alpha value is -2.43. The van der Waals surface area contributed by atoms with E-state index in [1.54, 1.807) is 13.2 Å². The minimum Gasteiger partial charge on any atom is -0.495 e. The molecule has 0 radical (unpaired) electrons. The van der Waals surface area contributed by atoms with Crippen molar-refractivity contribution >= 4 is 17.2 Å². The third-order valence-corrected chi connectivity index (χ3v) is 2.85. The number of nitrogens with two attached hydrogens (primary N) is 1. The fourth-order valence-electron chi connectivity index (χ4n) is 1.90. The Kier molecular flexibility index (Phi) is 4.52. The first-order valence-electron chi connectivity index (χ1n) is 6.84. The number of anilines is 3. The highest BCUT2D eigenvalue weighted by atomic mass is 16.5. The van der Waals surface area contributed by atoms with Crippen LogP contribution in [0.3, 0.4) is 0 Å². The van der Waals surface area contributed by atoms with Gasteiger partial charge in [0.25, 0.3) is 0 Å². The molecule has 0 saturated carbocycles. The SMILES string of the molecule is COc1ccc(C)cc1Nc1ccc(N)c(OC(C)C)n1. The van der Waals surface area contributed by atoms with Crippen LogP contribution < -0.4 is 20.5 Å². The van der Waals surface area contributed by atoms with Gasteiger partial charge in [-0.3, -0.25) is 0 Å². The van der Waals surface area contributed by atoms with Gasteiger partial charge in [-0.05, 0) is 50.6 Å². The van der Waals surface area contributed by atoms with Crippen molar-refractivity contribution in [2.45, 2.75) is 26.9 Å². The number of nitrogens with one attached hydrogen (secondary N) is 1. The predicted molar refractivity (Wildman–Crippen MR) is 85.4 cm³/mol. The maximum Gasteiger partial charge on any atom is 0.239 e. The molecule has 0 unspecified atom stereocenters. The van der Waals surface area contributed by atoms with Gasteiger partial charge < -0.3 is 20.5 Å². The molecule has 0 spiro atoms. The van der Waals surface area contributed by atoms with Crippen LogP contribution in [0.1, 0.15) is 19.4 Å². The summed E-state index contributed by atoms with van der Waals surface area (Å²) in [6, 6.07) is 9.49. The Bertz CT molecular complexity index is 627. The Morgan fingerprint density at radius 1 is 1.19 bits per heavy atom. The van der Waals surface area contributed by atoms with Gasteiger partial charge in [0.2, 0.25) is 5.88 Å². The average molecular weight is 287 g/mol. The molecule has 1 aromatic carbocycles. The average Bonchev–Trinajstić information content (AvgIpc) is 2.42. The number of aryl methyl sites for hydroxylation is 1. The fraction of sp³-hybridized carbons (Fsp3) is 0.312. The maximum absolute atomic E-state index is 5.87. The minimum atomic E-state index is 0.0172. The molecular formula is C16H21N3O2. The van der Waals surface area contributed by atoms with Crippen molar-refractivity contribution in [3.8, 4) is 11.6 Å². The number of aromatic nitrogens is 1. The molecule has 2 rings (SSSR count). The highest BCUT2D eigenvalue weighted by Crippen LogP contribution is 2.30. The molecule has 1 heterocycles. The van der Waals surface area contributed by atoms with E-state index in [4.69, 9.17) is 15.2 Å². The topological polar surface area (TPSA) is 69.4 Å². The maximum atomic E-state index is 5.87. The van der Waals surface area contributed by atoms with Gasteiger partial charge in [0, 0.05) is 0 Å². The number of benzene rings is 1. The minimum absolute atomic E-state index is 0.0172. The first kappa shape index (κ1) is 15.0. The van der Waals surface area contributed by atoms with E-state index in [2.05, 4.69) is 10.3 Å². The van der Waals surface area contributed by atoms with E-state index in [0.717, 1.165) is 17.0 Å². The zero-order valence-corrected chi connectivity index (χ0v) is 12.8. The Balaban J connectivity index is 2.29. The predicted octanol–water partition coefficient (Wildman–Crippen LogP) is 3.51. The van der Waals surface area contributed by atoms with Crippen molar-refractivity contribution in [1.29, 1.82) is 0 Å². The lowest BCUT2D eigenvalue weighted by molar-refractivity contribution is 0.234.